The third-order valence-corrected chi connectivity index (χ3v) is 4.84. The lowest BCUT2D eigenvalue weighted by atomic mass is 9.92. The summed E-state index contributed by atoms with van der Waals surface area (Å²) in [7, 11) is 1.28. The summed E-state index contributed by atoms with van der Waals surface area (Å²) in [6.45, 7) is -1.11. The Morgan fingerprint density at radius 3 is 2.45 bits per heavy atom. The van der Waals surface area contributed by atoms with Gasteiger partial charge in [-0.3, -0.25) is 4.90 Å². The summed E-state index contributed by atoms with van der Waals surface area (Å²) in [5.41, 5.74) is 2.06. The van der Waals surface area contributed by atoms with Crippen molar-refractivity contribution in [2.45, 2.75) is 26.0 Å². The van der Waals surface area contributed by atoms with Crippen LogP contribution in [0.4, 0.5) is 14.5 Å². The van der Waals surface area contributed by atoms with Gasteiger partial charge in [-0.1, -0.05) is 43.3 Å². The van der Waals surface area contributed by atoms with Crippen LogP contribution in [-0.2, 0) is 9.53 Å². The summed E-state index contributed by atoms with van der Waals surface area (Å²) < 4.78 is 35.5. The molecule has 1 atom stereocenters. The average molecular weight is 418 g/mol. The lowest BCUT2D eigenvalue weighted by Gasteiger charge is -2.38. The number of ether oxygens (including phenoxy) is 2. The van der Waals surface area contributed by atoms with Crippen LogP contribution in [0.25, 0.3) is 0 Å². The molecule has 1 aliphatic rings. The number of nitrogens with zero attached hydrogens (tertiary/aromatic N) is 1. The van der Waals surface area contributed by atoms with E-state index in [-0.39, 0.29) is 11.3 Å². The highest BCUT2D eigenvalue weighted by Gasteiger charge is 2.37. The maximum Gasteiger partial charge on any atom is 0.387 e. The van der Waals surface area contributed by atoms with Crippen LogP contribution < -0.4 is 15.0 Å². The standard InChI is InChI=1S/C21H20F2N2O3S/c1-3-15-17(19(26)27-2)18(14-11-7-8-12-16(14)28-20(22)23)24-21(29)25(15)13-9-5-4-6-10-13/h4-12,18,20H,3H2,1-2H3,(H,24,29)/t18-/m1/s1. The maximum atomic E-state index is 12.9. The Balaban J connectivity index is 2.19. The average Bonchev–Trinajstić information content (AvgIpc) is 2.73. The van der Waals surface area contributed by atoms with Gasteiger partial charge in [0, 0.05) is 16.9 Å². The van der Waals surface area contributed by atoms with Crippen LogP contribution in [0.5, 0.6) is 5.75 Å². The van der Waals surface area contributed by atoms with Crippen LogP contribution in [0, 0.1) is 0 Å². The number of alkyl halides is 2. The highest BCUT2D eigenvalue weighted by Crippen LogP contribution is 2.38. The first kappa shape index (κ1) is 20.7. The van der Waals surface area contributed by atoms with E-state index in [1.165, 1.54) is 13.2 Å². The number of hydrogen-bond acceptors (Lipinski definition) is 4. The zero-order chi connectivity index (χ0) is 21.0. The van der Waals surface area contributed by atoms with Crippen LogP contribution in [0.3, 0.4) is 0 Å². The van der Waals surface area contributed by atoms with E-state index in [9.17, 15) is 13.6 Å². The Morgan fingerprint density at radius 2 is 1.83 bits per heavy atom. The molecule has 0 spiro atoms. The molecule has 0 unspecified atom stereocenters. The summed E-state index contributed by atoms with van der Waals surface area (Å²) in [5, 5.41) is 3.44. The number of carbonyl (C=O) groups is 1. The van der Waals surface area contributed by atoms with Crippen molar-refractivity contribution in [3.8, 4) is 5.75 Å². The SMILES string of the molecule is CCC1=C(C(=O)OC)[C@@H](c2ccccc2OC(F)F)NC(=S)N1c1ccccc1. The largest absolute Gasteiger partial charge is 0.466 e. The fraction of sp³-hybridized carbons (Fsp3) is 0.238. The molecule has 1 N–H and O–H groups in total. The fourth-order valence-corrected chi connectivity index (χ4v) is 3.70. The van der Waals surface area contributed by atoms with Crippen LogP contribution in [0.2, 0.25) is 0 Å². The third-order valence-electron chi connectivity index (χ3n) is 4.54. The van der Waals surface area contributed by atoms with Crippen molar-refractivity contribution in [2.24, 2.45) is 0 Å². The Bertz CT molecular complexity index is 935. The molecule has 0 bridgehead atoms. The molecule has 152 valence electrons. The number of nitrogens with one attached hydrogen (secondary N) is 1. The number of halogens is 2. The second-order valence-corrected chi connectivity index (χ2v) is 6.56. The molecule has 2 aromatic rings. The summed E-state index contributed by atoms with van der Waals surface area (Å²) in [6, 6.07) is 14.9. The highest BCUT2D eigenvalue weighted by molar-refractivity contribution is 7.80. The normalized spacial score (nSPS) is 16.7. The predicted molar refractivity (Wildman–Crippen MR) is 110 cm³/mol. The number of benzene rings is 2. The van der Waals surface area contributed by atoms with E-state index < -0.39 is 18.6 Å². The van der Waals surface area contributed by atoms with Crippen molar-refractivity contribution >= 4 is 29.0 Å². The van der Waals surface area contributed by atoms with Gasteiger partial charge in [-0.05, 0) is 36.8 Å². The minimum atomic E-state index is -3.00. The molecular weight excluding hydrogens is 398 g/mol. The highest BCUT2D eigenvalue weighted by atomic mass is 32.1. The molecule has 29 heavy (non-hydrogen) atoms. The molecule has 1 aliphatic heterocycles. The van der Waals surface area contributed by atoms with E-state index in [4.69, 9.17) is 17.0 Å². The van der Waals surface area contributed by atoms with E-state index >= 15 is 0 Å². The first-order valence-corrected chi connectivity index (χ1v) is 9.39. The molecule has 1 heterocycles. The van der Waals surface area contributed by atoms with Crippen molar-refractivity contribution in [1.82, 2.24) is 5.32 Å². The molecule has 0 amide bonds. The first-order valence-electron chi connectivity index (χ1n) is 8.98. The van der Waals surface area contributed by atoms with Gasteiger partial charge in [-0.2, -0.15) is 8.78 Å². The number of anilines is 1. The third kappa shape index (κ3) is 4.22. The predicted octanol–water partition coefficient (Wildman–Crippen LogP) is 4.56. The van der Waals surface area contributed by atoms with Crippen LogP contribution in [0.1, 0.15) is 24.9 Å². The van der Waals surface area contributed by atoms with Gasteiger partial charge < -0.3 is 14.8 Å². The van der Waals surface area contributed by atoms with Crippen molar-refractivity contribution < 1.29 is 23.0 Å². The number of esters is 1. The molecule has 0 saturated carbocycles. The molecule has 8 heteroatoms. The first-order chi connectivity index (χ1) is 14.0. The molecule has 3 rings (SSSR count). The smallest absolute Gasteiger partial charge is 0.387 e. The second kappa shape index (κ2) is 9.00. The number of thiocarbonyl (C=S) groups is 1. The van der Waals surface area contributed by atoms with Gasteiger partial charge in [0.05, 0.1) is 18.7 Å². The molecule has 0 radical (unpaired) electrons. The molecule has 5 nitrogen and oxygen atoms in total. The number of methoxy groups -OCH3 is 1. The monoisotopic (exact) mass is 418 g/mol. The van der Waals surface area contributed by atoms with Crippen molar-refractivity contribution in [2.75, 3.05) is 12.0 Å². The van der Waals surface area contributed by atoms with Crippen molar-refractivity contribution in [3.63, 3.8) is 0 Å². The van der Waals surface area contributed by atoms with E-state index in [1.807, 2.05) is 37.3 Å². The molecule has 2 aromatic carbocycles. The minimum Gasteiger partial charge on any atom is -0.466 e. The number of allylic oxidation sites excluding steroid dienone is 1. The second-order valence-electron chi connectivity index (χ2n) is 6.18. The number of carbonyl (C=O) groups excluding carboxylic acids is 1. The van der Waals surface area contributed by atoms with Crippen molar-refractivity contribution in [3.05, 3.63) is 71.4 Å². The van der Waals surface area contributed by atoms with Gasteiger partial charge in [0.15, 0.2) is 5.11 Å². The molecule has 0 saturated heterocycles. The van der Waals surface area contributed by atoms with Gasteiger partial charge >= 0.3 is 12.6 Å². The lowest BCUT2D eigenvalue weighted by Crippen LogP contribution is -2.48. The van der Waals surface area contributed by atoms with Gasteiger partial charge in [0.1, 0.15) is 5.75 Å². The van der Waals surface area contributed by atoms with E-state index in [1.54, 1.807) is 23.1 Å². The van der Waals surface area contributed by atoms with Gasteiger partial charge in [0.2, 0.25) is 0 Å². The minimum absolute atomic E-state index is 0.0344. The topological polar surface area (TPSA) is 50.8 Å². The summed E-state index contributed by atoms with van der Waals surface area (Å²) in [4.78, 5) is 14.5. The van der Waals surface area contributed by atoms with Crippen LogP contribution >= 0.6 is 12.2 Å². The quantitative estimate of drug-likeness (QED) is 0.548. The summed E-state index contributed by atoms with van der Waals surface area (Å²) in [5.74, 6) is -0.609. The lowest BCUT2D eigenvalue weighted by molar-refractivity contribution is -0.136. The summed E-state index contributed by atoms with van der Waals surface area (Å²) >= 11 is 5.58. The van der Waals surface area contributed by atoms with Gasteiger partial charge in [-0.25, -0.2) is 4.79 Å². The molecule has 0 aliphatic carbocycles. The Kier molecular flexibility index (Phi) is 6.43. The van der Waals surface area contributed by atoms with E-state index in [0.29, 0.717) is 22.8 Å². The Labute approximate surface area is 172 Å². The number of para-hydroxylation sites is 2. The number of hydrogen-bond donors (Lipinski definition) is 1. The number of rotatable bonds is 6. The fourth-order valence-electron chi connectivity index (χ4n) is 3.37. The zero-order valence-corrected chi connectivity index (χ0v) is 16.7. The van der Waals surface area contributed by atoms with Gasteiger partial charge in [0.25, 0.3) is 0 Å². The molecular formula is C21H20F2N2O3S. The van der Waals surface area contributed by atoms with Crippen LogP contribution in [0.15, 0.2) is 65.9 Å². The molecule has 0 aromatic heterocycles. The van der Waals surface area contributed by atoms with Crippen molar-refractivity contribution in [1.29, 1.82) is 0 Å². The van der Waals surface area contributed by atoms with E-state index in [2.05, 4.69) is 10.1 Å². The maximum absolute atomic E-state index is 12.9. The Morgan fingerprint density at radius 1 is 1.17 bits per heavy atom. The summed E-state index contributed by atoms with van der Waals surface area (Å²) in [6.07, 6.45) is 0.468. The zero-order valence-electron chi connectivity index (χ0n) is 15.9. The van der Waals surface area contributed by atoms with E-state index in [0.717, 1.165) is 5.69 Å². The van der Waals surface area contributed by atoms with Gasteiger partial charge in [-0.15, -0.1) is 0 Å². The van der Waals surface area contributed by atoms with Crippen LogP contribution in [-0.4, -0.2) is 24.8 Å². The Hall–Kier alpha value is -3.00. The molecule has 0 fully saturated rings.